The molecule has 2 aromatic rings. The molecule has 2 aromatic carbocycles. The van der Waals surface area contributed by atoms with E-state index in [0.717, 1.165) is 16.7 Å². The van der Waals surface area contributed by atoms with Gasteiger partial charge >= 0.3 is 12.1 Å². The molecule has 0 radical (unpaired) electrons. The number of hydrogen-bond donors (Lipinski definition) is 1. The van der Waals surface area contributed by atoms with Crippen LogP contribution in [0, 0.1) is 11.8 Å². The van der Waals surface area contributed by atoms with Crippen molar-refractivity contribution in [2.24, 2.45) is 11.8 Å². The summed E-state index contributed by atoms with van der Waals surface area (Å²) in [5.74, 6) is -0.944. The number of allylic oxidation sites excluding steroid dienone is 1. The fraction of sp³-hybridized carbons (Fsp3) is 0.370. The third-order valence-corrected chi connectivity index (χ3v) is 5.89. The number of rotatable bonds is 9. The summed E-state index contributed by atoms with van der Waals surface area (Å²) in [5.41, 5.74) is 3.12. The summed E-state index contributed by atoms with van der Waals surface area (Å²) >= 11 is 0. The SMILES string of the molecule is COC(=O)CC1CCC(CCNC(=O)OCc2ccccc2)=CC(Cc2ccccc2)C1=O. The van der Waals surface area contributed by atoms with Crippen molar-refractivity contribution < 1.29 is 23.9 Å². The minimum absolute atomic E-state index is 0.0782. The van der Waals surface area contributed by atoms with Gasteiger partial charge in [0.05, 0.1) is 13.5 Å². The van der Waals surface area contributed by atoms with Crippen LogP contribution in [0.15, 0.2) is 72.3 Å². The van der Waals surface area contributed by atoms with Gasteiger partial charge < -0.3 is 14.8 Å². The number of methoxy groups -OCH3 is 1. The van der Waals surface area contributed by atoms with Gasteiger partial charge in [0.1, 0.15) is 12.4 Å². The number of carbonyl (C=O) groups is 3. The molecule has 1 aliphatic carbocycles. The summed E-state index contributed by atoms with van der Waals surface area (Å²) in [6.07, 6.45) is 4.20. The smallest absolute Gasteiger partial charge is 0.407 e. The van der Waals surface area contributed by atoms with Crippen LogP contribution in [0.1, 0.15) is 36.8 Å². The van der Waals surface area contributed by atoms with Gasteiger partial charge in [-0.1, -0.05) is 72.3 Å². The topological polar surface area (TPSA) is 81.7 Å². The lowest BCUT2D eigenvalue weighted by atomic mass is 9.86. The maximum Gasteiger partial charge on any atom is 0.407 e. The lowest BCUT2D eigenvalue weighted by Gasteiger charge is -2.17. The Kier molecular flexibility index (Phi) is 9.24. The molecule has 6 nitrogen and oxygen atoms in total. The number of nitrogens with one attached hydrogen (secondary N) is 1. The Morgan fingerprint density at radius 1 is 1.00 bits per heavy atom. The monoisotopic (exact) mass is 449 g/mol. The molecule has 3 rings (SSSR count). The molecule has 0 bridgehead atoms. The van der Waals surface area contributed by atoms with Gasteiger partial charge in [0, 0.05) is 18.4 Å². The van der Waals surface area contributed by atoms with Crippen LogP contribution in [0.5, 0.6) is 0 Å². The van der Waals surface area contributed by atoms with Crippen LogP contribution in [-0.4, -0.2) is 31.5 Å². The summed E-state index contributed by atoms with van der Waals surface area (Å²) in [5, 5.41) is 2.79. The molecule has 1 amide bonds. The van der Waals surface area contributed by atoms with E-state index in [1.807, 2.05) is 66.7 Å². The predicted octanol–water partition coefficient (Wildman–Crippen LogP) is 4.63. The first-order chi connectivity index (χ1) is 16.0. The predicted molar refractivity (Wildman–Crippen MR) is 125 cm³/mol. The van der Waals surface area contributed by atoms with E-state index < -0.39 is 6.09 Å². The van der Waals surface area contributed by atoms with Crippen LogP contribution in [0.4, 0.5) is 4.79 Å². The number of benzene rings is 2. The van der Waals surface area contributed by atoms with Crippen LogP contribution in [0.2, 0.25) is 0 Å². The normalized spacial score (nSPS) is 18.1. The van der Waals surface area contributed by atoms with Gasteiger partial charge in [0.2, 0.25) is 0 Å². The van der Waals surface area contributed by atoms with E-state index in [4.69, 9.17) is 9.47 Å². The average Bonchev–Trinajstić information content (AvgIpc) is 2.98. The van der Waals surface area contributed by atoms with E-state index in [-0.39, 0.29) is 36.6 Å². The maximum absolute atomic E-state index is 13.2. The number of amides is 1. The third kappa shape index (κ3) is 7.90. The van der Waals surface area contributed by atoms with Crippen LogP contribution in [-0.2, 0) is 32.1 Å². The van der Waals surface area contributed by atoms with Gasteiger partial charge in [0.15, 0.2) is 0 Å². The highest BCUT2D eigenvalue weighted by Crippen LogP contribution is 2.30. The Morgan fingerprint density at radius 2 is 1.67 bits per heavy atom. The summed E-state index contributed by atoms with van der Waals surface area (Å²) in [6.45, 7) is 0.644. The van der Waals surface area contributed by atoms with Gasteiger partial charge in [-0.05, 0) is 36.8 Å². The maximum atomic E-state index is 13.2. The molecule has 33 heavy (non-hydrogen) atoms. The number of alkyl carbamates (subject to hydrolysis) is 1. The second-order valence-corrected chi connectivity index (χ2v) is 8.28. The van der Waals surface area contributed by atoms with E-state index in [9.17, 15) is 14.4 Å². The second-order valence-electron chi connectivity index (χ2n) is 8.28. The molecule has 2 atom stereocenters. The largest absolute Gasteiger partial charge is 0.469 e. The molecular weight excluding hydrogens is 418 g/mol. The van der Waals surface area contributed by atoms with Crippen molar-refractivity contribution >= 4 is 17.8 Å². The highest BCUT2D eigenvalue weighted by atomic mass is 16.5. The molecule has 174 valence electrons. The molecule has 0 heterocycles. The molecule has 0 fully saturated rings. The molecule has 0 aromatic heterocycles. The molecule has 0 saturated carbocycles. The lowest BCUT2D eigenvalue weighted by Crippen LogP contribution is -2.25. The first-order valence-electron chi connectivity index (χ1n) is 11.3. The Balaban J connectivity index is 1.58. The fourth-order valence-corrected chi connectivity index (χ4v) is 4.08. The minimum atomic E-state index is -0.464. The Bertz CT molecular complexity index is 955. The quantitative estimate of drug-likeness (QED) is 0.446. The average molecular weight is 450 g/mol. The number of Topliss-reactive ketones (excluding diaryl/α,β-unsaturated/α-hetero) is 1. The van der Waals surface area contributed by atoms with Crippen molar-refractivity contribution in [3.63, 3.8) is 0 Å². The number of carbonyl (C=O) groups excluding carboxylic acids is 3. The van der Waals surface area contributed by atoms with Crippen molar-refractivity contribution in [3.8, 4) is 0 Å². The molecule has 1 aliphatic rings. The molecule has 1 N–H and O–H groups in total. The number of ether oxygens (including phenoxy) is 2. The molecule has 0 aliphatic heterocycles. The van der Waals surface area contributed by atoms with Crippen LogP contribution in [0.25, 0.3) is 0 Å². The number of esters is 1. The molecular formula is C27H31NO5. The van der Waals surface area contributed by atoms with Crippen molar-refractivity contribution in [1.29, 1.82) is 0 Å². The van der Waals surface area contributed by atoms with Crippen LogP contribution in [0.3, 0.4) is 0 Å². The number of hydrogen-bond acceptors (Lipinski definition) is 5. The standard InChI is InChI=1S/C27H31NO5/c1-32-25(29)18-23-13-12-21(17-24(26(23)30)16-20-8-4-2-5-9-20)14-15-28-27(31)33-19-22-10-6-3-7-11-22/h2-11,17,23-24H,12-16,18-19H2,1H3,(H,28,31). The van der Waals surface area contributed by atoms with Gasteiger partial charge in [-0.3, -0.25) is 9.59 Å². The molecule has 6 heteroatoms. The zero-order valence-corrected chi connectivity index (χ0v) is 19.0. The van der Waals surface area contributed by atoms with Crippen LogP contribution < -0.4 is 5.32 Å². The first kappa shape index (κ1) is 24.2. The van der Waals surface area contributed by atoms with E-state index in [1.54, 1.807) is 0 Å². The third-order valence-electron chi connectivity index (χ3n) is 5.89. The van der Waals surface area contributed by atoms with Crippen molar-refractivity contribution in [3.05, 3.63) is 83.4 Å². The highest BCUT2D eigenvalue weighted by molar-refractivity contribution is 5.89. The fourth-order valence-electron chi connectivity index (χ4n) is 4.08. The van der Waals surface area contributed by atoms with E-state index in [1.165, 1.54) is 7.11 Å². The number of ketones is 1. The van der Waals surface area contributed by atoms with Gasteiger partial charge in [0.25, 0.3) is 0 Å². The van der Waals surface area contributed by atoms with Gasteiger partial charge in [-0.25, -0.2) is 4.79 Å². The van der Waals surface area contributed by atoms with Gasteiger partial charge in [-0.15, -0.1) is 0 Å². The molecule has 2 unspecified atom stereocenters. The lowest BCUT2D eigenvalue weighted by molar-refractivity contribution is -0.144. The first-order valence-corrected chi connectivity index (χ1v) is 11.3. The van der Waals surface area contributed by atoms with E-state index in [0.29, 0.717) is 32.2 Å². The van der Waals surface area contributed by atoms with E-state index >= 15 is 0 Å². The summed E-state index contributed by atoms with van der Waals surface area (Å²) in [7, 11) is 1.34. The minimum Gasteiger partial charge on any atom is -0.469 e. The summed E-state index contributed by atoms with van der Waals surface area (Å²) in [6, 6.07) is 19.4. The van der Waals surface area contributed by atoms with Crippen molar-refractivity contribution in [2.45, 2.75) is 38.7 Å². The molecule has 0 saturated heterocycles. The molecule has 0 spiro atoms. The van der Waals surface area contributed by atoms with E-state index in [2.05, 4.69) is 5.32 Å². The summed E-state index contributed by atoms with van der Waals surface area (Å²) in [4.78, 5) is 37.1. The zero-order valence-electron chi connectivity index (χ0n) is 19.0. The summed E-state index contributed by atoms with van der Waals surface area (Å²) < 4.78 is 10.1. The Hall–Kier alpha value is -3.41. The van der Waals surface area contributed by atoms with Crippen LogP contribution >= 0.6 is 0 Å². The highest BCUT2D eigenvalue weighted by Gasteiger charge is 2.30. The van der Waals surface area contributed by atoms with Gasteiger partial charge in [-0.2, -0.15) is 0 Å². The van der Waals surface area contributed by atoms with Crippen molar-refractivity contribution in [1.82, 2.24) is 5.32 Å². The Labute approximate surface area is 195 Å². The second kappa shape index (κ2) is 12.6. The Morgan fingerprint density at radius 3 is 2.33 bits per heavy atom. The van der Waals surface area contributed by atoms with Crippen molar-refractivity contribution in [2.75, 3.05) is 13.7 Å². The zero-order chi connectivity index (χ0) is 23.5.